The number of ether oxygens (including phenoxy) is 1. The summed E-state index contributed by atoms with van der Waals surface area (Å²) < 4.78 is 5.82. The van der Waals surface area contributed by atoms with E-state index in [2.05, 4.69) is 15.5 Å². The minimum Gasteiger partial charge on any atom is -0.489 e. The van der Waals surface area contributed by atoms with E-state index in [1.54, 1.807) is 12.1 Å². The molecule has 1 aliphatic rings. The van der Waals surface area contributed by atoms with E-state index in [9.17, 15) is 9.59 Å². The smallest absolute Gasteiger partial charge is 0.251 e. The predicted molar refractivity (Wildman–Crippen MR) is 122 cm³/mol. The van der Waals surface area contributed by atoms with Crippen molar-refractivity contribution in [3.05, 3.63) is 64.7 Å². The highest BCUT2D eigenvalue weighted by Gasteiger charge is 2.22. The molecule has 1 aliphatic heterocycles. The van der Waals surface area contributed by atoms with Gasteiger partial charge in [-0.2, -0.15) is 0 Å². The van der Waals surface area contributed by atoms with E-state index in [1.807, 2.05) is 43.3 Å². The number of nitrogens with zero attached hydrogens (tertiary/aromatic N) is 1. The lowest BCUT2D eigenvalue weighted by atomic mass is 10.0. The van der Waals surface area contributed by atoms with Crippen molar-refractivity contribution in [3.63, 3.8) is 0 Å². The van der Waals surface area contributed by atoms with Crippen LogP contribution >= 0.6 is 11.6 Å². The number of nitrogens with one attached hydrogen (secondary N) is 2. The molecule has 1 fully saturated rings. The molecule has 2 N–H and O–H groups in total. The largest absolute Gasteiger partial charge is 0.489 e. The Bertz CT molecular complexity index is 882. The quantitative estimate of drug-likeness (QED) is 0.620. The number of piperidine rings is 1. The molecule has 2 aromatic rings. The van der Waals surface area contributed by atoms with Crippen molar-refractivity contribution in [3.8, 4) is 5.75 Å². The summed E-state index contributed by atoms with van der Waals surface area (Å²) in [6.45, 7) is 5.16. The second-order valence-electron chi connectivity index (χ2n) is 7.82. The third-order valence-corrected chi connectivity index (χ3v) is 5.49. The summed E-state index contributed by atoms with van der Waals surface area (Å²) in [6, 6.07) is 14.8. The third-order valence-electron chi connectivity index (χ3n) is 5.25. The molecule has 0 spiro atoms. The summed E-state index contributed by atoms with van der Waals surface area (Å²) in [5.74, 6) is 0.604. The third kappa shape index (κ3) is 7.56. The fourth-order valence-electron chi connectivity index (χ4n) is 3.55. The van der Waals surface area contributed by atoms with Crippen molar-refractivity contribution in [2.75, 3.05) is 26.2 Å². The van der Waals surface area contributed by atoms with Crippen LogP contribution < -0.4 is 15.4 Å². The minimum absolute atomic E-state index is 0.0684. The number of likely N-dealkylation sites (tertiary alicyclic amines) is 1. The number of halogens is 1. The lowest BCUT2D eigenvalue weighted by molar-refractivity contribution is -0.122. The van der Waals surface area contributed by atoms with Gasteiger partial charge in [0.2, 0.25) is 5.91 Å². The molecule has 0 radical (unpaired) electrons. The standard InChI is InChI=1S/C24H30ClN3O3/c1-2-11-26-23(29)16-28-12-9-21(10-13-28)27-24(30)19-6-4-8-22(15-19)31-17-18-5-3-7-20(25)14-18/h3-8,14-15,21H,2,9-13,16-17H2,1H3,(H,26,29)(H,27,30). The van der Waals surface area contributed by atoms with Gasteiger partial charge in [-0.25, -0.2) is 0 Å². The Morgan fingerprint density at radius 2 is 1.90 bits per heavy atom. The van der Waals surface area contributed by atoms with Crippen LogP contribution in [0.1, 0.15) is 42.1 Å². The normalized spacial score (nSPS) is 14.8. The monoisotopic (exact) mass is 443 g/mol. The van der Waals surface area contributed by atoms with Gasteiger partial charge in [0.05, 0.1) is 6.54 Å². The van der Waals surface area contributed by atoms with Gasteiger partial charge in [-0.3, -0.25) is 14.5 Å². The molecular formula is C24H30ClN3O3. The Kier molecular flexibility index (Phi) is 8.74. The molecule has 7 heteroatoms. The molecule has 1 heterocycles. The highest BCUT2D eigenvalue weighted by atomic mass is 35.5. The fourth-order valence-corrected chi connectivity index (χ4v) is 3.76. The van der Waals surface area contributed by atoms with Gasteiger partial charge in [-0.05, 0) is 55.2 Å². The van der Waals surface area contributed by atoms with E-state index in [0.717, 1.165) is 37.9 Å². The zero-order valence-corrected chi connectivity index (χ0v) is 18.7. The molecule has 0 atom stereocenters. The Hall–Kier alpha value is -2.57. The van der Waals surface area contributed by atoms with Crippen LogP contribution in [0.4, 0.5) is 0 Å². The zero-order valence-electron chi connectivity index (χ0n) is 17.9. The van der Waals surface area contributed by atoms with Crippen molar-refractivity contribution >= 4 is 23.4 Å². The number of benzene rings is 2. The maximum absolute atomic E-state index is 12.7. The molecule has 2 amide bonds. The molecule has 0 unspecified atom stereocenters. The summed E-state index contributed by atoms with van der Waals surface area (Å²) in [7, 11) is 0. The van der Waals surface area contributed by atoms with Crippen LogP contribution in [0.25, 0.3) is 0 Å². The number of amides is 2. The Balaban J connectivity index is 1.45. The number of carbonyl (C=O) groups excluding carboxylic acids is 2. The summed E-state index contributed by atoms with van der Waals surface area (Å²) in [4.78, 5) is 26.7. The molecule has 0 aromatic heterocycles. The molecule has 3 rings (SSSR count). The van der Waals surface area contributed by atoms with Crippen LogP contribution in [-0.2, 0) is 11.4 Å². The van der Waals surface area contributed by atoms with Gasteiger partial charge >= 0.3 is 0 Å². The molecule has 0 saturated carbocycles. The van der Waals surface area contributed by atoms with Crippen molar-refractivity contribution in [2.24, 2.45) is 0 Å². The summed E-state index contributed by atoms with van der Waals surface area (Å²) in [5, 5.41) is 6.69. The van der Waals surface area contributed by atoms with Crippen LogP contribution in [0, 0.1) is 0 Å². The van der Waals surface area contributed by atoms with Crippen molar-refractivity contribution < 1.29 is 14.3 Å². The number of rotatable bonds is 9. The van der Waals surface area contributed by atoms with E-state index < -0.39 is 0 Å². The lowest BCUT2D eigenvalue weighted by Crippen LogP contribution is -2.47. The van der Waals surface area contributed by atoms with E-state index in [0.29, 0.717) is 36.0 Å². The second-order valence-corrected chi connectivity index (χ2v) is 8.26. The van der Waals surface area contributed by atoms with Gasteiger partial charge in [0.25, 0.3) is 5.91 Å². The van der Waals surface area contributed by atoms with Gasteiger partial charge in [0.1, 0.15) is 12.4 Å². The Morgan fingerprint density at radius 1 is 1.13 bits per heavy atom. The predicted octanol–water partition coefficient (Wildman–Crippen LogP) is 3.64. The van der Waals surface area contributed by atoms with Gasteiger partial charge in [-0.1, -0.05) is 36.7 Å². The number of carbonyl (C=O) groups is 2. The van der Waals surface area contributed by atoms with E-state index in [1.165, 1.54) is 0 Å². The average Bonchev–Trinajstić information content (AvgIpc) is 2.78. The first kappa shape index (κ1) is 23.1. The molecule has 166 valence electrons. The summed E-state index contributed by atoms with van der Waals surface area (Å²) in [6.07, 6.45) is 2.60. The van der Waals surface area contributed by atoms with Crippen molar-refractivity contribution in [1.82, 2.24) is 15.5 Å². The fraction of sp³-hybridized carbons (Fsp3) is 0.417. The maximum atomic E-state index is 12.7. The van der Waals surface area contributed by atoms with E-state index >= 15 is 0 Å². The topological polar surface area (TPSA) is 70.7 Å². The van der Waals surface area contributed by atoms with Gasteiger partial charge in [-0.15, -0.1) is 0 Å². The summed E-state index contributed by atoms with van der Waals surface area (Å²) in [5.41, 5.74) is 1.54. The van der Waals surface area contributed by atoms with Crippen LogP contribution in [0.15, 0.2) is 48.5 Å². The molecule has 1 saturated heterocycles. The highest BCUT2D eigenvalue weighted by molar-refractivity contribution is 6.30. The second kappa shape index (κ2) is 11.7. The first-order chi connectivity index (χ1) is 15.0. The van der Waals surface area contributed by atoms with Gasteiger partial charge in [0.15, 0.2) is 0 Å². The highest BCUT2D eigenvalue weighted by Crippen LogP contribution is 2.18. The molecule has 31 heavy (non-hydrogen) atoms. The zero-order chi connectivity index (χ0) is 22.1. The van der Waals surface area contributed by atoms with Crippen LogP contribution in [0.5, 0.6) is 5.75 Å². The average molecular weight is 444 g/mol. The van der Waals surface area contributed by atoms with E-state index in [-0.39, 0.29) is 17.9 Å². The Morgan fingerprint density at radius 3 is 2.65 bits per heavy atom. The molecule has 2 aromatic carbocycles. The minimum atomic E-state index is -0.104. The lowest BCUT2D eigenvalue weighted by Gasteiger charge is -2.31. The summed E-state index contributed by atoms with van der Waals surface area (Å²) >= 11 is 6.01. The molecule has 0 bridgehead atoms. The van der Waals surface area contributed by atoms with Gasteiger partial charge < -0.3 is 15.4 Å². The van der Waals surface area contributed by atoms with Crippen LogP contribution in [0.3, 0.4) is 0 Å². The first-order valence-corrected chi connectivity index (χ1v) is 11.2. The molecule has 0 aliphatic carbocycles. The molecule has 6 nitrogen and oxygen atoms in total. The maximum Gasteiger partial charge on any atom is 0.251 e. The number of hydrogen-bond acceptors (Lipinski definition) is 4. The van der Waals surface area contributed by atoms with Crippen LogP contribution in [0.2, 0.25) is 5.02 Å². The van der Waals surface area contributed by atoms with Gasteiger partial charge in [0, 0.05) is 36.3 Å². The number of hydrogen-bond donors (Lipinski definition) is 2. The van der Waals surface area contributed by atoms with E-state index in [4.69, 9.17) is 16.3 Å². The van der Waals surface area contributed by atoms with Crippen molar-refractivity contribution in [2.45, 2.75) is 38.8 Å². The Labute approximate surface area is 188 Å². The van der Waals surface area contributed by atoms with Crippen LogP contribution in [-0.4, -0.2) is 48.9 Å². The SMILES string of the molecule is CCCNC(=O)CN1CCC(NC(=O)c2cccc(OCc3cccc(Cl)c3)c2)CC1. The molecular weight excluding hydrogens is 414 g/mol. The first-order valence-electron chi connectivity index (χ1n) is 10.8. The van der Waals surface area contributed by atoms with Crippen molar-refractivity contribution in [1.29, 1.82) is 0 Å².